The van der Waals surface area contributed by atoms with Crippen molar-refractivity contribution < 1.29 is 8.42 Å². The molecule has 0 aliphatic carbocycles. The summed E-state index contributed by atoms with van der Waals surface area (Å²) in [6.45, 7) is 0. The fraction of sp³-hybridized carbons (Fsp3) is 0.300. The van der Waals surface area contributed by atoms with Crippen LogP contribution in [0, 0.1) is 0 Å². The molecule has 0 aromatic carbocycles. The van der Waals surface area contributed by atoms with E-state index in [0.29, 0.717) is 11.0 Å². The van der Waals surface area contributed by atoms with Crippen molar-refractivity contribution in [3.8, 4) is 0 Å². The van der Waals surface area contributed by atoms with Crippen molar-refractivity contribution in [3.63, 3.8) is 0 Å². The lowest BCUT2D eigenvalue weighted by Crippen LogP contribution is -2.10. The number of hydrogen-bond acceptors (Lipinski definition) is 7. The fourth-order valence-corrected chi connectivity index (χ4v) is 3.07. The molecular weight excluding hydrogens is 272 g/mol. The Morgan fingerprint density at radius 3 is 2.67 bits per heavy atom. The minimum Gasteiger partial charge on any atom is -0.353 e. The zero-order chi connectivity index (χ0) is 13.2. The van der Waals surface area contributed by atoms with Crippen molar-refractivity contribution in [2.45, 2.75) is 10.8 Å². The maximum absolute atomic E-state index is 12.0. The van der Waals surface area contributed by atoms with E-state index in [1.807, 2.05) is 14.1 Å². The summed E-state index contributed by atoms with van der Waals surface area (Å²) < 4.78 is 28.1. The molecule has 0 radical (unpaired) electrons. The highest BCUT2D eigenvalue weighted by atomic mass is 32.2. The number of rotatable bonds is 4. The lowest BCUT2D eigenvalue weighted by Gasteiger charge is -2.04. The molecule has 6 nitrogen and oxygen atoms in total. The largest absolute Gasteiger partial charge is 0.353 e. The molecular formula is C10H12N4O2S2. The molecule has 0 aliphatic heterocycles. The Bertz CT molecular complexity index is 622. The van der Waals surface area contributed by atoms with E-state index in [1.165, 1.54) is 23.8 Å². The number of nitrogens with zero attached hydrogens (tertiary/aromatic N) is 4. The van der Waals surface area contributed by atoms with Crippen LogP contribution in [0.15, 0.2) is 29.4 Å². The molecule has 0 bridgehead atoms. The molecule has 8 heteroatoms. The van der Waals surface area contributed by atoms with Crippen LogP contribution in [-0.2, 0) is 15.6 Å². The molecule has 2 rings (SSSR count). The van der Waals surface area contributed by atoms with Crippen LogP contribution in [0.2, 0.25) is 0 Å². The van der Waals surface area contributed by atoms with Crippen LogP contribution in [0.1, 0.15) is 5.82 Å². The Morgan fingerprint density at radius 2 is 2.11 bits per heavy atom. The molecule has 0 saturated carbocycles. The van der Waals surface area contributed by atoms with E-state index < -0.39 is 9.84 Å². The van der Waals surface area contributed by atoms with Crippen LogP contribution in [0.4, 0.5) is 5.13 Å². The smallest absolute Gasteiger partial charge is 0.204 e. The van der Waals surface area contributed by atoms with E-state index in [0.717, 1.165) is 0 Å². The first kappa shape index (κ1) is 12.9. The second kappa shape index (κ2) is 4.99. The average molecular weight is 284 g/mol. The molecule has 0 unspecified atom stereocenters. The van der Waals surface area contributed by atoms with E-state index in [9.17, 15) is 8.42 Å². The molecule has 2 heterocycles. The van der Waals surface area contributed by atoms with Crippen LogP contribution >= 0.6 is 11.5 Å². The Labute approximate surface area is 109 Å². The molecule has 0 N–H and O–H groups in total. The monoisotopic (exact) mass is 284 g/mol. The summed E-state index contributed by atoms with van der Waals surface area (Å²) in [4.78, 5) is 9.77. The molecule has 0 amide bonds. The van der Waals surface area contributed by atoms with E-state index >= 15 is 0 Å². The summed E-state index contributed by atoms with van der Waals surface area (Å²) in [7, 11) is 0.188. The van der Waals surface area contributed by atoms with Crippen LogP contribution in [0.25, 0.3) is 0 Å². The molecule has 2 aromatic rings. The van der Waals surface area contributed by atoms with Gasteiger partial charge in [-0.2, -0.15) is 4.37 Å². The van der Waals surface area contributed by atoms with E-state index in [-0.39, 0.29) is 10.8 Å². The fourth-order valence-electron chi connectivity index (χ4n) is 1.26. The van der Waals surface area contributed by atoms with Crippen molar-refractivity contribution >= 4 is 26.5 Å². The highest BCUT2D eigenvalue weighted by molar-refractivity contribution is 7.90. The molecule has 0 atom stereocenters. The third-order valence-electron chi connectivity index (χ3n) is 2.12. The summed E-state index contributed by atoms with van der Waals surface area (Å²) in [5.74, 6) is 0.0725. The molecule has 0 saturated heterocycles. The molecule has 0 fully saturated rings. The second-order valence-electron chi connectivity index (χ2n) is 3.81. The number of pyridine rings is 1. The quantitative estimate of drug-likeness (QED) is 0.833. The molecule has 0 spiro atoms. The SMILES string of the molecule is CN(C)c1nc(CS(=O)(=O)c2ccccn2)ns1. The van der Waals surface area contributed by atoms with Gasteiger partial charge in [0.25, 0.3) is 0 Å². The zero-order valence-electron chi connectivity index (χ0n) is 9.94. The van der Waals surface area contributed by atoms with E-state index in [1.54, 1.807) is 17.0 Å². The third kappa shape index (κ3) is 2.82. The van der Waals surface area contributed by atoms with Gasteiger partial charge in [0.1, 0.15) is 5.75 Å². The van der Waals surface area contributed by atoms with E-state index in [2.05, 4.69) is 14.3 Å². The number of hydrogen-bond donors (Lipinski definition) is 0. The second-order valence-corrected chi connectivity index (χ2v) is 6.48. The first-order chi connectivity index (χ1) is 8.49. The minimum atomic E-state index is -3.47. The summed E-state index contributed by atoms with van der Waals surface area (Å²) in [6.07, 6.45) is 1.45. The first-order valence-electron chi connectivity index (χ1n) is 5.13. The van der Waals surface area contributed by atoms with Gasteiger partial charge < -0.3 is 4.90 Å². The Hall–Kier alpha value is -1.54. The van der Waals surface area contributed by atoms with Gasteiger partial charge in [0, 0.05) is 31.8 Å². The number of anilines is 1. The predicted molar refractivity (Wildman–Crippen MR) is 69.4 cm³/mol. The van der Waals surface area contributed by atoms with Gasteiger partial charge in [0.15, 0.2) is 10.9 Å². The van der Waals surface area contributed by atoms with Gasteiger partial charge in [-0.25, -0.2) is 18.4 Å². The first-order valence-corrected chi connectivity index (χ1v) is 7.55. The van der Waals surface area contributed by atoms with Crippen molar-refractivity contribution in [1.82, 2.24) is 14.3 Å². The molecule has 2 aromatic heterocycles. The maximum atomic E-state index is 12.0. The van der Waals surface area contributed by atoms with E-state index in [4.69, 9.17) is 0 Å². The van der Waals surface area contributed by atoms with Gasteiger partial charge in [-0.1, -0.05) is 6.07 Å². The molecule has 0 aliphatic rings. The molecule has 96 valence electrons. The highest BCUT2D eigenvalue weighted by Crippen LogP contribution is 2.17. The topological polar surface area (TPSA) is 76.1 Å². The maximum Gasteiger partial charge on any atom is 0.204 e. The summed E-state index contributed by atoms with van der Waals surface area (Å²) >= 11 is 1.17. The zero-order valence-corrected chi connectivity index (χ0v) is 11.6. The van der Waals surface area contributed by atoms with Gasteiger partial charge in [-0.05, 0) is 12.1 Å². The van der Waals surface area contributed by atoms with Gasteiger partial charge in [0.05, 0.1) is 0 Å². The summed E-state index contributed by atoms with van der Waals surface area (Å²) in [5.41, 5.74) is 0. The standard InChI is InChI=1S/C10H12N4O2S2/c1-14(2)10-12-8(13-17-10)7-18(15,16)9-5-3-4-6-11-9/h3-6H,7H2,1-2H3. The Morgan fingerprint density at radius 1 is 1.33 bits per heavy atom. The number of aromatic nitrogens is 3. The van der Waals surface area contributed by atoms with Crippen molar-refractivity contribution in [2.75, 3.05) is 19.0 Å². The van der Waals surface area contributed by atoms with Crippen LogP contribution in [-0.4, -0.2) is 36.9 Å². The van der Waals surface area contributed by atoms with Crippen molar-refractivity contribution in [2.24, 2.45) is 0 Å². The third-order valence-corrected chi connectivity index (χ3v) is 4.55. The van der Waals surface area contributed by atoms with Gasteiger partial charge in [0.2, 0.25) is 15.0 Å². The summed E-state index contributed by atoms with van der Waals surface area (Å²) in [5, 5.41) is 0.729. The summed E-state index contributed by atoms with van der Waals surface area (Å²) in [6, 6.07) is 4.78. The average Bonchev–Trinajstić information content (AvgIpc) is 2.78. The number of sulfone groups is 1. The van der Waals surface area contributed by atoms with Crippen LogP contribution < -0.4 is 4.90 Å². The predicted octanol–water partition coefficient (Wildman–Crippen LogP) is 0.973. The van der Waals surface area contributed by atoms with Crippen molar-refractivity contribution in [3.05, 3.63) is 30.2 Å². The van der Waals surface area contributed by atoms with Crippen LogP contribution in [0.3, 0.4) is 0 Å². The van der Waals surface area contributed by atoms with Crippen molar-refractivity contribution in [1.29, 1.82) is 0 Å². The Kier molecular flexibility index (Phi) is 3.58. The highest BCUT2D eigenvalue weighted by Gasteiger charge is 2.19. The normalized spacial score (nSPS) is 11.4. The van der Waals surface area contributed by atoms with Crippen LogP contribution in [0.5, 0.6) is 0 Å². The lowest BCUT2D eigenvalue weighted by atomic mass is 10.5. The van der Waals surface area contributed by atoms with Gasteiger partial charge >= 0.3 is 0 Å². The van der Waals surface area contributed by atoms with Gasteiger partial charge in [-0.15, -0.1) is 0 Å². The minimum absolute atomic E-state index is 0.0474. The molecule has 18 heavy (non-hydrogen) atoms. The van der Waals surface area contributed by atoms with Gasteiger partial charge in [-0.3, -0.25) is 0 Å². The lowest BCUT2D eigenvalue weighted by molar-refractivity contribution is 0.590. The Balaban J connectivity index is 2.23.